The van der Waals surface area contributed by atoms with Crippen molar-refractivity contribution in [3.63, 3.8) is 0 Å². The molecule has 3 rings (SSSR count). The highest BCUT2D eigenvalue weighted by Crippen LogP contribution is 2.36. The number of benzene rings is 2. The van der Waals surface area contributed by atoms with Gasteiger partial charge in [-0.3, -0.25) is 9.59 Å². The highest BCUT2D eigenvalue weighted by molar-refractivity contribution is 6.30. The normalized spacial score (nSPS) is 17.8. The summed E-state index contributed by atoms with van der Waals surface area (Å²) in [6, 6.07) is 10.5. The predicted molar refractivity (Wildman–Crippen MR) is 134 cm³/mol. The number of halogens is 1. The SMILES string of the molecule is CCCC(NC(=O)c1ccc(Cl)cc1)C(N)(C(=O)OC(C)(C)C)c1ccc2c(c1)NC(=O)C(C)O2. The number of nitrogens with one attached hydrogen (secondary N) is 2. The first kappa shape index (κ1) is 26.5. The van der Waals surface area contributed by atoms with Gasteiger partial charge in [0.2, 0.25) is 0 Å². The van der Waals surface area contributed by atoms with Crippen molar-refractivity contribution in [2.75, 3.05) is 5.32 Å². The highest BCUT2D eigenvalue weighted by atomic mass is 35.5. The summed E-state index contributed by atoms with van der Waals surface area (Å²) < 4.78 is 11.4. The van der Waals surface area contributed by atoms with E-state index in [1.54, 1.807) is 70.2 Å². The first-order valence-corrected chi connectivity index (χ1v) is 11.9. The van der Waals surface area contributed by atoms with Crippen LogP contribution in [-0.2, 0) is 19.9 Å². The van der Waals surface area contributed by atoms with Gasteiger partial charge in [-0.1, -0.05) is 31.0 Å². The summed E-state index contributed by atoms with van der Waals surface area (Å²) in [5.74, 6) is -0.946. The lowest BCUT2D eigenvalue weighted by Gasteiger charge is -2.38. The Balaban J connectivity index is 2.06. The molecule has 0 aliphatic carbocycles. The summed E-state index contributed by atoms with van der Waals surface area (Å²) in [7, 11) is 0. The molecule has 4 N–H and O–H groups in total. The summed E-state index contributed by atoms with van der Waals surface area (Å²) in [4.78, 5) is 38.9. The maximum Gasteiger partial charge on any atom is 0.333 e. The molecular formula is C26H32ClN3O5. The van der Waals surface area contributed by atoms with E-state index in [0.29, 0.717) is 40.4 Å². The van der Waals surface area contributed by atoms with Gasteiger partial charge in [-0.2, -0.15) is 0 Å². The zero-order chi connectivity index (χ0) is 26.0. The van der Waals surface area contributed by atoms with Crippen LogP contribution in [0.15, 0.2) is 42.5 Å². The lowest BCUT2D eigenvalue weighted by molar-refractivity contribution is -0.163. The Morgan fingerprint density at radius 2 is 1.86 bits per heavy atom. The number of carbonyl (C=O) groups excluding carboxylic acids is 3. The van der Waals surface area contributed by atoms with Crippen molar-refractivity contribution in [1.29, 1.82) is 0 Å². The van der Waals surface area contributed by atoms with Gasteiger partial charge >= 0.3 is 5.97 Å². The maximum absolute atomic E-state index is 13.6. The average Bonchev–Trinajstić information content (AvgIpc) is 2.78. The predicted octanol–water partition coefficient (Wildman–Crippen LogP) is 4.15. The first-order valence-electron chi connectivity index (χ1n) is 11.6. The van der Waals surface area contributed by atoms with Crippen molar-refractivity contribution in [2.24, 2.45) is 5.73 Å². The van der Waals surface area contributed by atoms with E-state index >= 15 is 0 Å². The fourth-order valence-electron chi connectivity index (χ4n) is 3.84. The van der Waals surface area contributed by atoms with Crippen LogP contribution in [0.25, 0.3) is 0 Å². The number of hydrogen-bond acceptors (Lipinski definition) is 6. The largest absolute Gasteiger partial charge is 0.479 e. The molecule has 1 heterocycles. The topological polar surface area (TPSA) is 120 Å². The third-order valence-electron chi connectivity index (χ3n) is 5.66. The molecule has 0 spiro atoms. The average molecular weight is 502 g/mol. The molecule has 0 saturated carbocycles. The number of anilines is 1. The standard InChI is InChI=1S/C26H32ClN3O5/c1-6-7-21(30-23(32)16-8-11-18(27)12-9-16)26(28,24(33)35-25(3,4)5)17-10-13-20-19(14-17)29-22(31)15(2)34-20/h8-15,21H,6-7,28H2,1-5H3,(H,29,31)(H,30,32). The van der Waals surface area contributed by atoms with E-state index in [4.69, 9.17) is 26.8 Å². The molecule has 188 valence electrons. The second-order valence-corrected chi connectivity index (χ2v) is 10.1. The van der Waals surface area contributed by atoms with Crippen LogP contribution in [0.2, 0.25) is 5.02 Å². The van der Waals surface area contributed by atoms with Gasteiger partial charge in [0.15, 0.2) is 11.6 Å². The molecule has 9 heteroatoms. The molecule has 3 atom stereocenters. The Morgan fingerprint density at radius 1 is 1.20 bits per heavy atom. The van der Waals surface area contributed by atoms with Gasteiger partial charge in [0.05, 0.1) is 11.7 Å². The number of fused-ring (bicyclic) bond motifs is 1. The van der Waals surface area contributed by atoms with Crippen molar-refractivity contribution < 1.29 is 23.9 Å². The van der Waals surface area contributed by atoms with Gasteiger partial charge in [0.25, 0.3) is 11.8 Å². The number of esters is 1. The molecule has 0 saturated heterocycles. The monoisotopic (exact) mass is 501 g/mol. The number of amides is 2. The van der Waals surface area contributed by atoms with Gasteiger partial charge in [0.1, 0.15) is 11.4 Å². The quantitative estimate of drug-likeness (QED) is 0.490. The molecule has 2 amide bonds. The van der Waals surface area contributed by atoms with E-state index in [0.717, 1.165) is 0 Å². The Kier molecular flexibility index (Phi) is 7.77. The minimum absolute atomic E-state index is 0.310. The molecule has 0 fully saturated rings. The van der Waals surface area contributed by atoms with Gasteiger partial charge in [-0.15, -0.1) is 0 Å². The fraction of sp³-hybridized carbons (Fsp3) is 0.423. The summed E-state index contributed by atoms with van der Waals surface area (Å²) in [5, 5.41) is 6.21. The van der Waals surface area contributed by atoms with Crippen LogP contribution in [-0.4, -0.2) is 35.5 Å². The zero-order valence-electron chi connectivity index (χ0n) is 20.6. The van der Waals surface area contributed by atoms with Crippen molar-refractivity contribution >= 4 is 35.1 Å². The van der Waals surface area contributed by atoms with Crippen LogP contribution in [0.3, 0.4) is 0 Å². The van der Waals surface area contributed by atoms with E-state index in [1.807, 2.05) is 6.92 Å². The van der Waals surface area contributed by atoms with Crippen molar-refractivity contribution in [2.45, 2.75) is 70.7 Å². The molecule has 8 nitrogen and oxygen atoms in total. The lowest BCUT2D eigenvalue weighted by Crippen LogP contribution is -2.62. The van der Waals surface area contributed by atoms with E-state index in [1.165, 1.54) is 0 Å². The molecule has 0 radical (unpaired) electrons. The summed E-state index contributed by atoms with van der Waals surface area (Å²) >= 11 is 5.95. The molecule has 1 aliphatic rings. The van der Waals surface area contributed by atoms with Crippen LogP contribution in [0.1, 0.15) is 63.4 Å². The van der Waals surface area contributed by atoms with E-state index in [-0.39, 0.29) is 5.91 Å². The second kappa shape index (κ2) is 10.3. The van der Waals surface area contributed by atoms with Gasteiger partial charge in [-0.25, -0.2) is 4.79 Å². The second-order valence-electron chi connectivity index (χ2n) is 9.65. The zero-order valence-corrected chi connectivity index (χ0v) is 21.4. The minimum atomic E-state index is -1.76. The number of nitrogens with two attached hydrogens (primary N) is 1. The fourth-order valence-corrected chi connectivity index (χ4v) is 3.96. The van der Waals surface area contributed by atoms with Crippen LogP contribution in [0, 0.1) is 0 Å². The van der Waals surface area contributed by atoms with E-state index < -0.39 is 35.2 Å². The van der Waals surface area contributed by atoms with Crippen molar-refractivity contribution in [1.82, 2.24) is 5.32 Å². The van der Waals surface area contributed by atoms with Gasteiger partial charge in [-0.05, 0) is 76.1 Å². The summed E-state index contributed by atoms with van der Waals surface area (Å²) in [6.45, 7) is 8.81. The number of rotatable bonds is 7. The molecule has 1 aliphatic heterocycles. The highest BCUT2D eigenvalue weighted by Gasteiger charge is 2.47. The Labute approximate surface area is 210 Å². The molecule has 3 unspecified atom stereocenters. The molecular weight excluding hydrogens is 470 g/mol. The van der Waals surface area contributed by atoms with E-state index in [2.05, 4.69) is 10.6 Å². The minimum Gasteiger partial charge on any atom is -0.479 e. The van der Waals surface area contributed by atoms with Crippen LogP contribution >= 0.6 is 11.6 Å². The van der Waals surface area contributed by atoms with Crippen molar-refractivity contribution in [3.05, 3.63) is 58.6 Å². The Hall–Kier alpha value is -3.10. The van der Waals surface area contributed by atoms with Crippen LogP contribution < -0.4 is 21.1 Å². The smallest absolute Gasteiger partial charge is 0.333 e. The first-order chi connectivity index (χ1) is 16.3. The van der Waals surface area contributed by atoms with Gasteiger partial charge < -0.3 is 25.8 Å². The molecule has 35 heavy (non-hydrogen) atoms. The summed E-state index contributed by atoms with van der Waals surface area (Å²) in [5.41, 5.74) is 5.45. The lowest BCUT2D eigenvalue weighted by atomic mass is 9.80. The molecule has 0 bridgehead atoms. The van der Waals surface area contributed by atoms with E-state index in [9.17, 15) is 14.4 Å². The Bertz CT molecular complexity index is 1110. The Morgan fingerprint density at radius 3 is 2.46 bits per heavy atom. The molecule has 2 aromatic rings. The summed E-state index contributed by atoms with van der Waals surface area (Å²) in [6.07, 6.45) is 0.384. The number of ether oxygens (including phenoxy) is 2. The molecule has 2 aromatic carbocycles. The van der Waals surface area contributed by atoms with Crippen molar-refractivity contribution in [3.8, 4) is 5.75 Å². The maximum atomic E-state index is 13.6. The third kappa shape index (κ3) is 5.94. The third-order valence-corrected chi connectivity index (χ3v) is 5.92. The van der Waals surface area contributed by atoms with Crippen LogP contribution in [0.4, 0.5) is 5.69 Å². The number of hydrogen-bond donors (Lipinski definition) is 3. The molecule has 0 aromatic heterocycles. The number of carbonyl (C=O) groups is 3. The van der Waals surface area contributed by atoms with Crippen LogP contribution in [0.5, 0.6) is 5.75 Å². The van der Waals surface area contributed by atoms with Gasteiger partial charge in [0, 0.05) is 10.6 Å².